The van der Waals surface area contributed by atoms with E-state index in [0.29, 0.717) is 29.5 Å². The summed E-state index contributed by atoms with van der Waals surface area (Å²) in [5, 5.41) is 8.67. The Balaban J connectivity index is 1.33. The number of fused-ring (bicyclic) bond motifs is 2. The van der Waals surface area contributed by atoms with Crippen LogP contribution in [0.4, 0.5) is 23.2 Å². The predicted octanol–water partition coefficient (Wildman–Crippen LogP) is 6.56. The van der Waals surface area contributed by atoms with Crippen molar-refractivity contribution in [1.29, 1.82) is 0 Å². The molecule has 2 aliphatic heterocycles. The highest BCUT2D eigenvalue weighted by Gasteiger charge is 2.49. The molecule has 1 aliphatic carbocycles. The van der Waals surface area contributed by atoms with E-state index >= 15 is 4.39 Å². The average molecular weight is 595 g/mol. The van der Waals surface area contributed by atoms with Crippen LogP contribution in [0.25, 0.3) is 10.9 Å². The summed E-state index contributed by atoms with van der Waals surface area (Å²) in [6, 6.07) is 6.44. The normalized spacial score (nSPS) is 24.5. The Hall–Kier alpha value is -3.73. The average Bonchev–Trinajstić information content (AvgIpc) is 3.62. The Morgan fingerprint density at radius 3 is 2.58 bits per heavy atom. The van der Waals surface area contributed by atoms with E-state index in [1.165, 1.54) is 17.2 Å². The molecule has 0 bridgehead atoms. The molecule has 4 heterocycles. The standard InChI is InChI=1S/C32H34F4N6O/c1-18-5-4-6-41(14-18)15-20-7-22-23(24(8-20)32(34,35)36)16-42(29(22)43)27-10-21(9-26-28(27)25(33)13-37-26)31(11-19(2)12-31)30-39-38-17-40(30)3/h7-10,13,17-19,37H,4-6,11-12,14-16H2,1-3H3/t18-,19?,31?/m0/s1. The molecule has 1 atom stereocenters. The molecule has 7 nitrogen and oxygen atoms in total. The van der Waals surface area contributed by atoms with Crippen LogP contribution in [0, 0.1) is 17.7 Å². The number of benzene rings is 2. The first kappa shape index (κ1) is 28.1. The van der Waals surface area contributed by atoms with Crippen LogP contribution >= 0.6 is 0 Å². The number of likely N-dealkylation sites (tertiary alicyclic amines) is 1. The van der Waals surface area contributed by atoms with Crippen LogP contribution in [0.5, 0.6) is 0 Å². The molecular weight excluding hydrogens is 560 g/mol. The van der Waals surface area contributed by atoms with Crippen LogP contribution in [-0.2, 0) is 31.7 Å². The van der Waals surface area contributed by atoms with Crippen LogP contribution in [0.2, 0.25) is 0 Å². The number of aromatic amines is 1. The molecule has 226 valence electrons. The van der Waals surface area contributed by atoms with Crippen LogP contribution in [0.15, 0.2) is 36.8 Å². The van der Waals surface area contributed by atoms with Gasteiger partial charge in [0.15, 0.2) is 5.82 Å². The van der Waals surface area contributed by atoms with Crippen LogP contribution in [0.3, 0.4) is 0 Å². The molecule has 0 radical (unpaired) electrons. The maximum absolute atomic E-state index is 15.3. The Labute approximate surface area is 246 Å². The number of aromatic nitrogens is 4. The number of nitrogens with one attached hydrogen (secondary N) is 1. The second-order valence-corrected chi connectivity index (χ2v) is 13.0. The highest BCUT2D eigenvalue weighted by Crippen LogP contribution is 2.53. The Kier molecular flexibility index (Phi) is 6.46. The fourth-order valence-electron chi connectivity index (χ4n) is 7.78. The topological polar surface area (TPSA) is 70.1 Å². The van der Waals surface area contributed by atoms with E-state index < -0.39 is 28.9 Å². The summed E-state index contributed by atoms with van der Waals surface area (Å²) in [4.78, 5) is 20.4. The number of amides is 1. The minimum Gasteiger partial charge on any atom is -0.358 e. The van der Waals surface area contributed by atoms with Gasteiger partial charge in [-0.05, 0) is 85.0 Å². The van der Waals surface area contributed by atoms with Crippen molar-refractivity contribution in [2.24, 2.45) is 18.9 Å². The molecule has 0 unspecified atom stereocenters. The van der Waals surface area contributed by atoms with E-state index in [9.17, 15) is 18.0 Å². The SMILES string of the molecule is CC1CC(c2cc(N3Cc4c(cc(CN5CCC[C@H](C)C5)cc4C(F)(F)F)C3=O)c3c(F)c[nH]c3c2)(c2nncn2C)C1. The van der Waals surface area contributed by atoms with Crippen molar-refractivity contribution in [3.8, 4) is 0 Å². The van der Waals surface area contributed by atoms with Gasteiger partial charge < -0.3 is 14.5 Å². The van der Waals surface area contributed by atoms with Gasteiger partial charge in [0.1, 0.15) is 12.2 Å². The zero-order chi connectivity index (χ0) is 30.3. The Bertz CT molecular complexity index is 1730. The summed E-state index contributed by atoms with van der Waals surface area (Å²) >= 11 is 0. The molecule has 4 aromatic rings. The van der Waals surface area contributed by atoms with Gasteiger partial charge in [-0.25, -0.2) is 4.39 Å². The zero-order valence-corrected chi connectivity index (χ0v) is 24.4. The third kappa shape index (κ3) is 4.54. The first-order chi connectivity index (χ1) is 20.4. The van der Waals surface area contributed by atoms with Crippen molar-refractivity contribution >= 4 is 22.5 Å². The van der Waals surface area contributed by atoms with Crippen LogP contribution < -0.4 is 4.90 Å². The van der Waals surface area contributed by atoms with Crippen molar-refractivity contribution < 1.29 is 22.4 Å². The van der Waals surface area contributed by atoms with Crippen molar-refractivity contribution in [2.45, 2.75) is 64.2 Å². The first-order valence-electron chi connectivity index (χ1n) is 14.9. The van der Waals surface area contributed by atoms with Crippen LogP contribution in [0.1, 0.15) is 78.0 Å². The third-order valence-corrected chi connectivity index (χ3v) is 9.64. The molecule has 1 saturated carbocycles. The quantitative estimate of drug-likeness (QED) is 0.266. The molecule has 2 aromatic carbocycles. The minimum atomic E-state index is -4.64. The van der Waals surface area contributed by atoms with Gasteiger partial charge in [0.2, 0.25) is 0 Å². The molecule has 2 aromatic heterocycles. The van der Waals surface area contributed by atoms with E-state index in [2.05, 4.69) is 33.9 Å². The highest BCUT2D eigenvalue weighted by molar-refractivity contribution is 6.14. The maximum atomic E-state index is 15.3. The fraction of sp³-hybridized carbons (Fsp3) is 0.469. The number of H-pyrrole nitrogens is 1. The van der Waals surface area contributed by atoms with Crippen molar-refractivity contribution in [1.82, 2.24) is 24.6 Å². The number of hydrogen-bond donors (Lipinski definition) is 1. The molecule has 3 aliphatic rings. The number of rotatable bonds is 5. The van der Waals surface area contributed by atoms with Gasteiger partial charge in [0, 0.05) is 31.9 Å². The summed E-state index contributed by atoms with van der Waals surface area (Å²) in [5.74, 6) is 0.519. The van der Waals surface area contributed by atoms with E-state index in [1.807, 2.05) is 17.7 Å². The molecule has 0 spiro atoms. The number of anilines is 1. The zero-order valence-electron chi connectivity index (χ0n) is 24.4. The number of piperidine rings is 1. The fourth-order valence-corrected chi connectivity index (χ4v) is 7.78. The molecule has 1 amide bonds. The first-order valence-corrected chi connectivity index (χ1v) is 14.9. The summed E-state index contributed by atoms with van der Waals surface area (Å²) in [6.45, 7) is 5.96. The molecule has 11 heteroatoms. The monoisotopic (exact) mass is 594 g/mol. The van der Waals surface area contributed by atoms with Crippen molar-refractivity contribution in [2.75, 3.05) is 18.0 Å². The predicted molar refractivity (Wildman–Crippen MR) is 154 cm³/mol. The lowest BCUT2D eigenvalue weighted by Gasteiger charge is -2.46. The number of aryl methyl sites for hydroxylation is 1. The summed E-state index contributed by atoms with van der Waals surface area (Å²) < 4.78 is 60.6. The molecule has 1 saturated heterocycles. The summed E-state index contributed by atoms with van der Waals surface area (Å²) in [7, 11) is 1.87. The van der Waals surface area contributed by atoms with Gasteiger partial charge in [0.25, 0.3) is 5.91 Å². The second kappa shape index (κ2) is 9.90. The number of nitrogens with zero attached hydrogens (tertiary/aromatic N) is 5. The number of alkyl halides is 3. The van der Waals surface area contributed by atoms with Gasteiger partial charge in [0.05, 0.1) is 34.1 Å². The molecule has 2 fully saturated rings. The molecule has 7 rings (SSSR count). The smallest absolute Gasteiger partial charge is 0.358 e. The largest absolute Gasteiger partial charge is 0.416 e. The van der Waals surface area contributed by atoms with Crippen LogP contribution in [-0.4, -0.2) is 43.6 Å². The molecular formula is C32H34F4N6O. The maximum Gasteiger partial charge on any atom is 0.416 e. The van der Waals surface area contributed by atoms with Gasteiger partial charge in [-0.2, -0.15) is 13.2 Å². The lowest BCUT2D eigenvalue weighted by molar-refractivity contribution is -0.138. The highest BCUT2D eigenvalue weighted by atomic mass is 19.4. The Morgan fingerprint density at radius 2 is 1.91 bits per heavy atom. The second-order valence-electron chi connectivity index (χ2n) is 13.0. The lowest BCUT2D eigenvalue weighted by Crippen LogP contribution is -2.43. The summed E-state index contributed by atoms with van der Waals surface area (Å²) in [5.41, 5.74) is 0.677. The van der Waals surface area contributed by atoms with E-state index in [1.54, 1.807) is 18.5 Å². The number of halogens is 4. The molecule has 43 heavy (non-hydrogen) atoms. The molecule has 1 N–H and O–H groups in total. The van der Waals surface area contributed by atoms with E-state index in [4.69, 9.17) is 0 Å². The van der Waals surface area contributed by atoms with Gasteiger partial charge in [-0.3, -0.25) is 9.69 Å². The number of carbonyl (C=O) groups excluding carboxylic acids is 1. The van der Waals surface area contributed by atoms with Crippen molar-refractivity contribution in [3.05, 3.63) is 76.2 Å². The number of hydrogen-bond acceptors (Lipinski definition) is 4. The van der Waals surface area contributed by atoms with Gasteiger partial charge >= 0.3 is 6.18 Å². The summed E-state index contributed by atoms with van der Waals surface area (Å²) in [6.07, 6.45) is 1.87. The Morgan fingerprint density at radius 1 is 1.12 bits per heavy atom. The lowest BCUT2D eigenvalue weighted by atomic mass is 9.58. The van der Waals surface area contributed by atoms with Gasteiger partial charge in [-0.15, -0.1) is 10.2 Å². The minimum absolute atomic E-state index is 0.0321. The number of carbonyl (C=O) groups is 1. The van der Waals surface area contributed by atoms with Gasteiger partial charge in [-0.1, -0.05) is 13.8 Å². The van der Waals surface area contributed by atoms with E-state index in [-0.39, 0.29) is 28.7 Å². The van der Waals surface area contributed by atoms with E-state index in [0.717, 1.165) is 50.2 Å². The van der Waals surface area contributed by atoms with Crippen molar-refractivity contribution in [3.63, 3.8) is 0 Å². The third-order valence-electron chi connectivity index (χ3n) is 9.64.